The van der Waals surface area contributed by atoms with Crippen molar-refractivity contribution >= 4 is 75.1 Å². The lowest BCUT2D eigenvalue weighted by molar-refractivity contribution is -0.115. The van der Waals surface area contributed by atoms with Gasteiger partial charge in [0.1, 0.15) is 12.4 Å². The van der Waals surface area contributed by atoms with Crippen molar-refractivity contribution in [3.05, 3.63) is 106 Å². The van der Waals surface area contributed by atoms with Gasteiger partial charge in [0.25, 0.3) is 5.91 Å². The van der Waals surface area contributed by atoms with Gasteiger partial charge in [0.15, 0.2) is 5.17 Å². The van der Waals surface area contributed by atoms with Crippen LogP contribution in [0.15, 0.2) is 82.4 Å². The number of carbonyl (C=O) groups is 3. The van der Waals surface area contributed by atoms with E-state index in [9.17, 15) is 23.2 Å². The molecule has 1 fully saturated rings. The van der Waals surface area contributed by atoms with E-state index in [-0.39, 0.29) is 29.1 Å². The predicted molar refractivity (Wildman–Crippen MR) is 189 cm³/mol. The lowest BCUT2D eigenvalue weighted by atomic mass is 10.1. The number of benzene rings is 3. The first-order valence-electron chi connectivity index (χ1n) is 14.8. The highest BCUT2D eigenvalue weighted by Gasteiger charge is 2.33. The standard InChI is InChI=1S/C34H32Cl2F3N5O4S/c1-5-25(43(4)31(46)21-8-11-24(35)12-9-21)16-28(40-3)22-10-13-27(26(37)15-22)41-32(47)42-33-44(30(45)18-49-33)29-14-20(2)6-7-23(29)17-48-19-34(36,38)39/h6-16H,5,17-19H2,1-4H3,(H,41,47)/b25-16+,40-28?,42-33-. The fraction of sp³-hybridized carbons (Fsp3) is 0.265. The first kappa shape index (κ1) is 37.6. The Morgan fingerprint density at radius 2 is 1.82 bits per heavy atom. The number of halogens is 5. The van der Waals surface area contributed by atoms with Crippen LogP contribution in [0.4, 0.5) is 29.3 Å². The van der Waals surface area contributed by atoms with Crippen LogP contribution in [0.3, 0.4) is 0 Å². The van der Waals surface area contributed by atoms with Crippen LogP contribution in [0.25, 0.3) is 0 Å². The summed E-state index contributed by atoms with van der Waals surface area (Å²) < 4.78 is 46.5. The number of rotatable bonds is 11. The highest BCUT2D eigenvalue weighted by atomic mass is 35.5. The van der Waals surface area contributed by atoms with E-state index >= 15 is 4.39 Å². The minimum Gasteiger partial charge on any atom is -0.369 e. The number of thioether (sulfide) groups is 1. The Hall–Kier alpha value is -4.17. The molecule has 0 aliphatic carbocycles. The van der Waals surface area contributed by atoms with Crippen molar-refractivity contribution in [1.82, 2.24) is 4.90 Å². The van der Waals surface area contributed by atoms with E-state index in [2.05, 4.69) is 15.3 Å². The van der Waals surface area contributed by atoms with Gasteiger partial charge in [-0.3, -0.25) is 19.5 Å². The molecule has 0 unspecified atom stereocenters. The van der Waals surface area contributed by atoms with E-state index in [1.807, 2.05) is 6.92 Å². The molecule has 258 valence electrons. The van der Waals surface area contributed by atoms with Gasteiger partial charge >= 0.3 is 11.4 Å². The molecule has 3 aromatic rings. The molecule has 0 atom stereocenters. The fourth-order valence-electron chi connectivity index (χ4n) is 4.76. The molecule has 1 heterocycles. The van der Waals surface area contributed by atoms with E-state index in [0.29, 0.717) is 45.2 Å². The van der Waals surface area contributed by atoms with E-state index in [1.54, 1.807) is 68.6 Å². The smallest absolute Gasteiger partial charge is 0.347 e. The van der Waals surface area contributed by atoms with Gasteiger partial charge in [-0.25, -0.2) is 9.18 Å². The van der Waals surface area contributed by atoms with Gasteiger partial charge in [0, 0.05) is 41.5 Å². The number of hydrogen-bond donors (Lipinski definition) is 1. The van der Waals surface area contributed by atoms with Crippen molar-refractivity contribution in [2.45, 2.75) is 32.3 Å². The third-order valence-electron chi connectivity index (χ3n) is 7.21. The molecule has 4 amide bonds. The van der Waals surface area contributed by atoms with Gasteiger partial charge in [-0.05, 0) is 79.0 Å². The first-order valence-corrected chi connectivity index (χ1v) is 16.5. The van der Waals surface area contributed by atoms with Gasteiger partial charge in [-0.2, -0.15) is 13.8 Å². The Bertz CT molecular complexity index is 1830. The van der Waals surface area contributed by atoms with E-state index < -0.39 is 29.7 Å². The summed E-state index contributed by atoms with van der Waals surface area (Å²) in [6.07, 6.45) is 2.16. The number of aliphatic imine (C=N–C) groups is 2. The van der Waals surface area contributed by atoms with E-state index in [4.69, 9.17) is 27.9 Å². The number of amidine groups is 1. The third kappa shape index (κ3) is 9.94. The number of amides is 4. The number of hydrogen-bond acceptors (Lipinski definition) is 6. The highest BCUT2D eigenvalue weighted by Crippen LogP contribution is 2.32. The molecule has 1 saturated heterocycles. The number of aryl methyl sites for hydroxylation is 1. The van der Waals surface area contributed by atoms with Crippen LogP contribution in [-0.4, -0.2) is 65.5 Å². The number of carbonyl (C=O) groups excluding carboxylic acids is 3. The molecule has 0 bridgehead atoms. The average molecular weight is 735 g/mol. The van der Waals surface area contributed by atoms with Crippen LogP contribution in [0.5, 0.6) is 0 Å². The number of nitrogens with zero attached hydrogens (tertiary/aromatic N) is 4. The Balaban J connectivity index is 1.51. The topological polar surface area (TPSA) is 104 Å². The monoisotopic (exact) mass is 733 g/mol. The Labute approximate surface area is 295 Å². The molecular formula is C34H32Cl2F3N5O4S. The van der Waals surface area contributed by atoms with Gasteiger partial charge in [0.05, 0.1) is 29.4 Å². The average Bonchev–Trinajstić information content (AvgIpc) is 3.41. The van der Waals surface area contributed by atoms with Crippen molar-refractivity contribution in [3.8, 4) is 0 Å². The molecule has 1 N–H and O–H groups in total. The van der Waals surface area contributed by atoms with Crippen LogP contribution < -0.4 is 10.2 Å². The molecule has 0 saturated carbocycles. The van der Waals surface area contributed by atoms with Crippen molar-refractivity contribution < 1.29 is 32.3 Å². The van der Waals surface area contributed by atoms with Gasteiger partial charge < -0.3 is 15.0 Å². The predicted octanol–water partition coefficient (Wildman–Crippen LogP) is 8.29. The maximum Gasteiger partial charge on any atom is 0.347 e. The summed E-state index contributed by atoms with van der Waals surface area (Å²) in [7, 11) is 3.17. The zero-order valence-electron chi connectivity index (χ0n) is 26.9. The maximum atomic E-state index is 15.3. The summed E-state index contributed by atoms with van der Waals surface area (Å²) in [6, 6.07) is 14.6. The SMILES string of the molecule is CC/C(=C\C(=NC)c1ccc(NC(=O)/N=C2\SCC(=O)N2c2cc(C)ccc2COCC(F)(F)Cl)c(F)c1)N(C)C(=O)c1ccc(Cl)cc1. The second-order valence-electron chi connectivity index (χ2n) is 10.7. The van der Waals surface area contributed by atoms with E-state index in [1.165, 1.54) is 29.0 Å². The number of allylic oxidation sites excluding steroid dienone is 2. The van der Waals surface area contributed by atoms with E-state index in [0.717, 1.165) is 17.3 Å². The zero-order valence-corrected chi connectivity index (χ0v) is 29.2. The minimum absolute atomic E-state index is 0.0175. The molecule has 4 rings (SSSR count). The quantitative estimate of drug-likeness (QED) is 0.158. The minimum atomic E-state index is -3.56. The normalized spacial score (nSPS) is 14.8. The second kappa shape index (κ2) is 16.5. The molecule has 49 heavy (non-hydrogen) atoms. The van der Waals surface area contributed by atoms with Crippen molar-refractivity contribution in [1.29, 1.82) is 0 Å². The summed E-state index contributed by atoms with van der Waals surface area (Å²) in [4.78, 5) is 49.8. The van der Waals surface area contributed by atoms with Gasteiger partial charge in [0.2, 0.25) is 5.91 Å². The summed E-state index contributed by atoms with van der Waals surface area (Å²) >= 11 is 11.9. The van der Waals surface area contributed by atoms with Gasteiger partial charge in [-0.15, -0.1) is 0 Å². The first-order chi connectivity index (χ1) is 23.2. The Morgan fingerprint density at radius 1 is 1.12 bits per heavy atom. The lowest BCUT2D eigenvalue weighted by Gasteiger charge is -2.21. The largest absolute Gasteiger partial charge is 0.369 e. The molecule has 0 radical (unpaired) electrons. The molecule has 1 aliphatic rings. The van der Waals surface area contributed by atoms with Crippen LogP contribution in [-0.2, 0) is 16.1 Å². The number of ether oxygens (including phenoxy) is 1. The third-order valence-corrected chi connectivity index (χ3v) is 8.49. The van der Waals surface area contributed by atoms with Crippen LogP contribution >= 0.6 is 35.0 Å². The number of anilines is 2. The molecule has 15 heteroatoms. The van der Waals surface area contributed by atoms with Crippen molar-refractivity contribution in [3.63, 3.8) is 0 Å². The van der Waals surface area contributed by atoms with Crippen molar-refractivity contribution in [2.75, 3.05) is 36.7 Å². The molecule has 1 aliphatic heterocycles. The lowest BCUT2D eigenvalue weighted by Crippen LogP contribution is -2.31. The van der Waals surface area contributed by atoms with Crippen LogP contribution in [0, 0.1) is 12.7 Å². The summed E-state index contributed by atoms with van der Waals surface area (Å²) in [6.45, 7) is 2.33. The van der Waals surface area contributed by atoms with Crippen molar-refractivity contribution in [2.24, 2.45) is 9.98 Å². The number of urea groups is 1. The molecule has 3 aromatic carbocycles. The Kier molecular flexibility index (Phi) is 12.7. The molecule has 9 nitrogen and oxygen atoms in total. The van der Waals surface area contributed by atoms with Crippen LogP contribution in [0.1, 0.15) is 40.4 Å². The number of nitrogens with one attached hydrogen (secondary N) is 1. The fourth-order valence-corrected chi connectivity index (χ4v) is 5.82. The maximum absolute atomic E-state index is 15.3. The summed E-state index contributed by atoms with van der Waals surface area (Å²) in [5.41, 5.74) is 3.15. The molecular weight excluding hydrogens is 702 g/mol. The van der Waals surface area contributed by atoms with Crippen LogP contribution in [0.2, 0.25) is 5.02 Å². The summed E-state index contributed by atoms with van der Waals surface area (Å²) in [5.74, 6) is -1.45. The molecule has 0 spiro atoms. The zero-order chi connectivity index (χ0) is 35.9. The second-order valence-corrected chi connectivity index (χ2v) is 12.7. The Morgan fingerprint density at radius 3 is 2.45 bits per heavy atom. The summed E-state index contributed by atoms with van der Waals surface area (Å²) in [5, 5.41) is -0.632. The molecule has 0 aromatic heterocycles. The number of alkyl halides is 3. The highest BCUT2D eigenvalue weighted by molar-refractivity contribution is 8.15. The van der Waals surface area contributed by atoms with Gasteiger partial charge in [-0.1, -0.05) is 48.5 Å².